The summed E-state index contributed by atoms with van der Waals surface area (Å²) in [6.07, 6.45) is 0. The minimum atomic E-state index is -0.0905. The van der Waals surface area contributed by atoms with E-state index in [-0.39, 0.29) is 10.7 Å². The summed E-state index contributed by atoms with van der Waals surface area (Å²) in [6.45, 7) is 0.540. The van der Waals surface area contributed by atoms with Crippen LogP contribution in [0.1, 0.15) is 20.1 Å². The van der Waals surface area contributed by atoms with Crippen molar-refractivity contribution in [2.24, 2.45) is 0 Å². The Morgan fingerprint density at radius 3 is 2.61 bits per heavy atom. The van der Waals surface area contributed by atoms with Gasteiger partial charge in [0.15, 0.2) is 0 Å². The lowest BCUT2D eigenvalue weighted by Crippen LogP contribution is -2.25. The molecule has 1 heterocycles. The van der Waals surface area contributed by atoms with E-state index in [0.717, 1.165) is 5.56 Å². The number of carbonyl (C=O) groups excluding carboxylic acids is 1. The average molecular weight is 345 g/mol. The lowest BCUT2D eigenvalue weighted by Gasteiger charge is -2.10. The molecule has 0 aliphatic heterocycles. The number of alkyl halides is 1. The van der Waals surface area contributed by atoms with Gasteiger partial charge in [0.05, 0.1) is 14.0 Å². The number of halogens is 2. The zero-order valence-corrected chi connectivity index (χ0v) is 12.6. The third-order valence-corrected chi connectivity index (χ3v) is 4.48. The number of hydrogen-bond acceptors (Lipinski definition) is 2. The fourth-order valence-corrected chi connectivity index (χ4v) is 2.91. The molecule has 1 amide bonds. The lowest BCUT2D eigenvalue weighted by molar-refractivity contribution is 0.0958. The van der Waals surface area contributed by atoms with Crippen LogP contribution < -0.4 is 5.32 Å². The largest absolute Gasteiger partial charge is 0.350 e. The fraction of sp³-hybridized carbons (Fsp3) is 0.154. The predicted molar refractivity (Wildman–Crippen MR) is 79.8 cm³/mol. The minimum Gasteiger partial charge on any atom is -0.350 e. The van der Waals surface area contributed by atoms with Crippen LogP contribution in [-0.2, 0) is 0 Å². The van der Waals surface area contributed by atoms with Gasteiger partial charge in [-0.2, -0.15) is 0 Å². The monoisotopic (exact) mass is 343 g/mol. The molecule has 1 aromatic heterocycles. The Bertz CT molecular complexity index is 529. The van der Waals surface area contributed by atoms with Gasteiger partial charge in [-0.25, -0.2) is 0 Å². The van der Waals surface area contributed by atoms with E-state index in [4.69, 9.17) is 11.6 Å². The second-order valence-electron chi connectivity index (χ2n) is 3.69. The SMILES string of the molecule is O=C(NCC(Br)c1ccccc1)c1ccc(Cl)s1. The third kappa shape index (κ3) is 3.57. The summed E-state index contributed by atoms with van der Waals surface area (Å²) < 4.78 is 0.624. The van der Waals surface area contributed by atoms with Crippen molar-refractivity contribution in [2.45, 2.75) is 4.83 Å². The van der Waals surface area contributed by atoms with Crippen molar-refractivity contribution in [3.63, 3.8) is 0 Å². The number of hydrogen-bond donors (Lipinski definition) is 1. The van der Waals surface area contributed by atoms with Crippen LogP contribution in [0.15, 0.2) is 42.5 Å². The molecule has 0 saturated heterocycles. The Kier molecular flexibility index (Phi) is 4.80. The van der Waals surface area contributed by atoms with Crippen LogP contribution in [-0.4, -0.2) is 12.5 Å². The smallest absolute Gasteiger partial charge is 0.261 e. The summed E-state index contributed by atoms with van der Waals surface area (Å²) in [5.74, 6) is -0.0905. The molecule has 2 aromatic rings. The third-order valence-electron chi connectivity index (χ3n) is 2.40. The molecule has 1 N–H and O–H groups in total. The first-order valence-electron chi connectivity index (χ1n) is 5.39. The molecule has 94 valence electrons. The molecule has 0 saturated carbocycles. The number of carbonyl (C=O) groups is 1. The standard InChI is InChI=1S/C13H11BrClNOS/c14-10(9-4-2-1-3-5-9)8-16-13(17)11-6-7-12(15)18-11/h1-7,10H,8H2,(H,16,17). The maximum absolute atomic E-state index is 11.8. The highest BCUT2D eigenvalue weighted by Crippen LogP contribution is 2.23. The Labute approximate surface area is 123 Å². The Morgan fingerprint density at radius 2 is 2.00 bits per heavy atom. The molecule has 18 heavy (non-hydrogen) atoms. The molecule has 5 heteroatoms. The van der Waals surface area contributed by atoms with E-state index >= 15 is 0 Å². The minimum absolute atomic E-state index is 0.0905. The number of thiophene rings is 1. The van der Waals surface area contributed by atoms with Gasteiger partial charge in [-0.15, -0.1) is 11.3 Å². The van der Waals surface area contributed by atoms with E-state index < -0.39 is 0 Å². The summed E-state index contributed by atoms with van der Waals surface area (Å²) in [7, 11) is 0. The maximum atomic E-state index is 11.8. The van der Waals surface area contributed by atoms with Crippen LogP contribution in [0.5, 0.6) is 0 Å². The number of amides is 1. The van der Waals surface area contributed by atoms with Crippen molar-refractivity contribution >= 4 is 44.8 Å². The van der Waals surface area contributed by atoms with E-state index in [1.165, 1.54) is 11.3 Å². The highest BCUT2D eigenvalue weighted by atomic mass is 79.9. The maximum Gasteiger partial charge on any atom is 0.261 e. The van der Waals surface area contributed by atoms with Gasteiger partial charge in [0, 0.05) is 6.54 Å². The zero-order valence-electron chi connectivity index (χ0n) is 9.40. The normalized spacial score (nSPS) is 12.1. The van der Waals surface area contributed by atoms with Gasteiger partial charge in [-0.3, -0.25) is 4.79 Å². The first kappa shape index (κ1) is 13.6. The van der Waals surface area contributed by atoms with Crippen LogP contribution in [0.4, 0.5) is 0 Å². The molecule has 1 unspecified atom stereocenters. The van der Waals surface area contributed by atoms with Gasteiger partial charge in [0.1, 0.15) is 0 Å². The Balaban J connectivity index is 1.90. The fourth-order valence-electron chi connectivity index (χ4n) is 1.49. The van der Waals surface area contributed by atoms with Crippen molar-refractivity contribution in [1.29, 1.82) is 0 Å². The molecule has 0 aliphatic rings. The molecule has 2 rings (SSSR count). The molecule has 0 radical (unpaired) electrons. The van der Waals surface area contributed by atoms with Gasteiger partial charge in [-0.05, 0) is 17.7 Å². The lowest BCUT2D eigenvalue weighted by atomic mass is 10.1. The summed E-state index contributed by atoms with van der Waals surface area (Å²) in [4.78, 5) is 12.6. The topological polar surface area (TPSA) is 29.1 Å². The second kappa shape index (κ2) is 6.36. The predicted octanol–water partition coefficient (Wildman–Crippen LogP) is 4.27. The molecule has 0 bridgehead atoms. The quantitative estimate of drug-likeness (QED) is 0.825. The van der Waals surface area contributed by atoms with Crippen molar-refractivity contribution in [3.8, 4) is 0 Å². The van der Waals surface area contributed by atoms with Gasteiger partial charge in [0.25, 0.3) is 5.91 Å². The molecule has 0 fully saturated rings. The first-order chi connectivity index (χ1) is 8.66. The van der Waals surface area contributed by atoms with Gasteiger partial charge < -0.3 is 5.32 Å². The first-order valence-corrected chi connectivity index (χ1v) is 7.50. The number of rotatable bonds is 4. The van der Waals surface area contributed by atoms with E-state index in [9.17, 15) is 4.79 Å². The average Bonchev–Trinajstić information content (AvgIpc) is 2.83. The summed E-state index contributed by atoms with van der Waals surface area (Å²) in [6, 6.07) is 13.4. The molecule has 0 spiro atoms. The summed E-state index contributed by atoms with van der Waals surface area (Å²) >= 11 is 10.6. The van der Waals surface area contributed by atoms with Gasteiger partial charge >= 0.3 is 0 Å². The van der Waals surface area contributed by atoms with Crippen molar-refractivity contribution < 1.29 is 4.79 Å². The summed E-state index contributed by atoms with van der Waals surface area (Å²) in [5, 5.41) is 2.88. The van der Waals surface area contributed by atoms with Crippen molar-refractivity contribution in [1.82, 2.24) is 5.32 Å². The highest BCUT2D eigenvalue weighted by Gasteiger charge is 2.11. The second-order valence-corrected chi connectivity index (χ2v) is 6.51. The Hall–Kier alpha value is -0.840. The van der Waals surface area contributed by atoms with Crippen LogP contribution >= 0.6 is 38.9 Å². The van der Waals surface area contributed by atoms with Gasteiger partial charge in [-0.1, -0.05) is 57.9 Å². The van der Waals surface area contributed by atoms with Crippen LogP contribution in [0.3, 0.4) is 0 Å². The molecule has 1 atom stereocenters. The molecule has 1 aromatic carbocycles. The number of nitrogens with one attached hydrogen (secondary N) is 1. The van der Waals surface area contributed by atoms with E-state index in [1.54, 1.807) is 12.1 Å². The van der Waals surface area contributed by atoms with E-state index in [2.05, 4.69) is 21.2 Å². The summed E-state index contributed by atoms with van der Waals surface area (Å²) in [5.41, 5.74) is 1.14. The molecular weight excluding hydrogens is 334 g/mol. The highest BCUT2D eigenvalue weighted by molar-refractivity contribution is 9.09. The van der Waals surface area contributed by atoms with Crippen LogP contribution in [0, 0.1) is 0 Å². The number of benzene rings is 1. The Morgan fingerprint density at radius 1 is 1.28 bits per heavy atom. The van der Waals surface area contributed by atoms with Crippen molar-refractivity contribution in [2.75, 3.05) is 6.54 Å². The van der Waals surface area contributed by atoms with E-state index in [0.29, 0.717) is 15.8 Å². The van der Waals surface area contributed by atoms with Crippen LogP contribution in [0.25, 0.3) is 0 Å². The molecule has 2 nitrogen and oxygen atoms in total. The molecular formula is C13H11BrClNOS. The van der Waals surface area contributed by atoms with Gasteiger partial charge in [0.2, 0.25) is 0 Å². The molecule has 0 aliphatic carbocycles. The van der Waals surface area contributed by atoms with Crippen molar-refractivity contribution in [3.05, 3.63) is 57.2 Å². The zero-order chi connectivity index (χ0) is 13.0. The van der Waals surface area contributed by atoms with E-state index in [1.807, 2.05) is 30.3 Å². The van der Waals surface area contributed by atoms with Crippen LogP contribution in [0.2, 0.25) is 4.34 Å².